The van der Waals surface area contributed by atoms with Crippen molar-refractivity contribution in [3.8, 4) is 5.75 Å². The van der Waals surface area contributed by atoms with Crippen molar-refractivity contribution in [1.82, 2.24) is 9.97 Å². The third-order valence-corrected chi connectivity index (χ3v) is 3.54. The standard InChI is InChI=1S/C13H10N2OS/c16-10-3-1-2-9(6-10)7-13-15-11-8-14-5-4-12(11)17-13/h1-6,8,16H,7H2. The molecule has 84 valence electrons. The van der Waals surface area contributed by atoms with Gasteiger partial charge in [0, 0.05) is 12.6 Å². The van der Waals surface area contributed by atoms with Crippen LogP contribution < -0.4 is 0 Å². The molecule has 0 aliphatic heterocycles. The molecule has 0 aliphatic carbocycles. The van der Waals surface area contributed by atoms with Crippen LogP contribution in [0, 0.1) is 0 Å². The SMILES string of the molecule is Oc1cccc(Cc2nc3cnccc3s2)c1. The summed E-state index contributed by atoms with van der Waals surface area (Å²) in [5.74, 6) is 0.297. The fourth-order valence-corrected chi connectivity index (χ4v) is 2.71. The zero-order valence-corrected chi connectivity index (χ0v) is 9.81. The van der Waals surface area contributed by atoms with E-state index in [-0.39, 0.29) is 0 Å². The average molecular weight is 242 g/mol. The molecular weight excluding hydrogens is 232 g/mol. The minimum absolute atomic E-state index is 0.297. The van der Waals surface area contributed by atoms with Crippen LogP contribution in [0.4, 0.5) is 0 Å². The van der Waals surface area contributed by atoms with Gasteiger partial charge in [-0.1, -0.05) is 12.1 Å². The van der Waals surface area contributed by atoms with Crippen LogP contribution >= 0.6 is 11.3 Å². The number of aromatic nitrogens is 2. The first kappa shape index (κ1) is 10.2. The van der Waals surface area contributed by atoms with Crippen LogP contribution in [0.2, 0.25) is 0 Å². The Morgan fingerprint density at radius 2 is 2.18 bits per heavy atom. The Balaban J connectivity index is 1.94. The number of pyridine rings is 1. The zero-order valence-electron chi connectivity index (χ0n) is 9.00. The van der Waals surface area contributed by atoms with Crippen LogP contribution in [0.1, 0.15) is 10.6 Å². The van der Waals surface area contributed by atoms with E-state index in [1.54, 1.807) is 35.9 Å². The van der Waals surface area contributed by atoms with Gasteiger partial charge in [0.05, 0.1) is 21.4 Å². The van der Waals surface area contributed by atoms with E-state index in [9.17, 15) is 5.11 Å². The summed E-state index contributed by atoms with van der Waals surface area (Å²) in [5, 5.41) is 10.4. The van der Waals surface area contributed by atoms with Crippen LogP contribution in [-0.2, 0) is 6.42 Å². The molecule has 1 aromatic carbocycles. The lowest BCUT2D eigenvalue weighted by Gasteiger charge is -1.98. The quantitative estimate of drug-likeness (QED) is 0.751. The summed E-state index contributed by atoms with van der Waals surface area (Å²) in [6, 6.07) is 9.25. The summed E-state index contributed by atoms with van der Waals surface area (Å²) in [4.78, 5) is 8.56. The van der Waals surface area contributed by atoms with Gasteiger partial charge in [-0.15, -0.1) is 11.3 Å². The van der Waals surface area contributed by atoms with Crippen LogP contribution in [-0.4, -0.2) is 15.1 Å². The topological polar surface area (TPSA) is 46.0 Å². The number of thiazole rings is 1. The molecule has 3 rings (SSSR count). The predicted octanol–water partition coefficient (Wildman–Crippen LogP) is 2.99. The second-order valence-corrected chi connectivity index (χ2v) is 4.91. The molecule has 3 aromatic rings. The maximum absolute atomic E-state index is 9.40. The van der Waals surface area contributed by atoms with E-state index in [0.29, 0.717) is 5.75 Å². The number of benzene rings is 1. The maximum atomic E-state index is 9.40. The minimum Gasteiger partial charge on any atom is -0.508 e. The summed E-state index contributed by atoms with van der Waals surface area (Å²) in [6.45, 7) is 0. The molecule has 3 nitrogen and oxygen atoms in total. The molecule has 4 heteroatoms. The minimum atomic E-state index is 0.297. The third-order valence-electron chi connectivity index (χ3n) is 2.50. The van der Waals surface area contributed by atoms with Gasteiger partial charge >= 0.3 is 0 Å². The van der Waals surface area contributed by atoms with Crippen LogP contribution in [0.25, 0.3) is 10.2 Å². The third kappa shape index (κ3) is 2.12. The van der Waals surface area contributed by atoms with E-state index >= 15 is 0 Å². The Hall–Kier alpha value is -1.94. The first-order valence-corrected chi connectivity index (χ1v) is 6.10. The molecule has 0 atom stereocenters. The molecule has 2 heterocycles. The van der Waals surface area contributed by atoms with Crippen molar-refractivity contribution >= 4 is 21.6 Å². The lowest BCUT2D eigenvalue weighted by molar-refractivity contribution is 0.474. The first-order chi connectivity index (χ1) is 8.31. The highest BCUT2D eigenvalue weighted by atomic mass is 32.1. The Morgan fingerprint density at radius 3 is 3.00 bits per heavy atom. The van der Waals surface area contributed by atoms with Gasteiger partial charge in [-0.25, -0.2) is 4.98 Å². The molecule has 0 unspecified atom stereocenters. The number of nitrogens with zero attached hydrogens (tertiary/aromatic N) is 2. The Labute approximate surface area is 102 Å². The second-order valence-electron chi connectivity index (χ2n) is 3.80. The Bertz CT molecular complexity index is 630. The number of hydrogen-bond acceptors (Lipinski definition) is 4. The van der Waals surface area contributed by atoms with Gasteiger partial charge in [0.2, 0.25) is 0 Å². The largest absolute Gasteiger partial charge is 0.508 e. The lowest BCUT2D eigenvalue weighted by atomic mass is 10.1. The molecule has 0 aliphatic rings. The Kier molecular flexibility index (Phi) is 2.49. The maximum Gasteiger partial charge on any atom is 0.115 e. The zero-order chi connectivity index (χ0) is 11.7. The van der Waals surface area contributed by atoms with Gasteiger partial charge < -0.3 is 5.11 Å². The molecule has 0 fully saturated rings. The molecule has 1 N–H and O–H groups in total. The highest BCUT2D eigenvalue weighted by molar-refractivity contribution is 7.18. The summed E-state index contributed by atoms with van der Waals surface area (Å²) in [5.41, 5.74) is 2.00. The van der Waals surface area contributed by atoms with Crippen molar-refractivity contribution < 1.29 is 5.11 Å². The van der Waals surface area contributed by atoms with E-state index < -0.39 is 0 Å². The summed E-state index contributed by atoms with van der Waals surface area (Å²) in [7, 11) is 0. The van der Waals surface area contributed by atoms with Crippen LogP contribution in [0.3, 0.4) is 0 Å². The molecule has 0 bridgehead atoms. The number of phenols is 1. The fourth-order valence-electron chi connectivity index (χ4n) is 1.74. The van der Waals surface area contributed by atoms with Crippen molar-refractivity contribution in [1.29, 1.82) is 0 Å². The van der Waals surface area contributed by atoms with Gasteiger partial charge in [0.15, 0.2) is 0 Å². The van der Waals surface area contributed by atoms with E-state index in [0.717, 1.165) is 27.2 Å². The van der Waals surface area contributed by atoms with Crippen molar-refractivity contribution in [3.05, 3.63) is 53.3 Å². The first-order valence-electron chi connectivity index (χ1n) is 5.28. The van der Waals surface area contributed by atoms with Crippen molar-refractivity contribution in [2.75, 3.05) is 0 Å². The number of rotatable bonds is 2. The van der Waals surface area contributed by atoms with Crippen LogP contribution in [0.15, 0.2) is 42.7 Å². The van der Waals surface area contributed by atoms with Crippen LogP contribution in [0.5, 0.6) is 5.75 Å². The highest BCUT2D eigenvalue weighted by Gasteiger charge is 2.04. The Morgan fingerprint density at radius 1 is 1.24 bits per heavy atom. The van der Waals surface area contributed by atoms with E-state index in [1.165, 1.54) is 0 Å². The number of phenolic OH excluding ortho intramolecular Hbond substituents is 1. The summed E-state index contributed by atoms with van der Waals surface area (Å²) < 4.78 is 1.15. The molecule has 0 saturated heterocycles. The van der Waals surface area contributed by atoms with Gasteiger partial charge in [-0.3, -0.25) is 4.98 Å². The number of hydrogen-bond donors (Lipinski definition) is 1. The highest BCUT2D eigenvalue weighted by Crippen LogP contribution is 2.23. The van der Waals surface area contributed by atoms with E-state index in [2.05, 4.69) is 9.97 Å². The monoisotopic (exact) mass is 242 g/mol. The van der Waals surface area contributed by atoms with Gasteiger partial charge in [-0.2, -0.15) is 0 Å². The molecule has 0 saturated carbocycles. The average Bonchev–Trinajstić information content (AvgIpc) is 2.71. The van der Waals surface area contributed by atoms with E-state index in [4.69, 9.17) is 0 Å². The smallest absolute Gasteiger partial charge is 0.115 e. The molecule has 17 heavy (non-hydrogen) atoms. The summed E-state index contributed by atoms with van der Waals surface area (Å²) in [6.07, 6.45) is 4.30. The van der Waals surface area contributed by atoms with Gasteiger partial charge in [0.25, 0.3) is 0 Å². The van der Waals surface area contributed by atoms with E-state index in [1.807, 2.05) is 18.2 Å². The second kappa shape index (κ2) is 4.14. The molecule has 0 amide bonds. The van der Waals surface area contributed by atoms with Crippen molar-refractivity contribution in [3.63, 3.8) is 0 Å². The fraction of sp³-hybridized carbons (Fsp3) is 0.0769. The normalized spacial score (nSPS) is 10.8. The molecular formula is C13H10N2OS. The summed E-state index contributed by atoms with van der Waals surface area (Å²) >= 11 is 1.67. The van der Waals surface area contributed by atoms with Crippen molar-refractivity contribution in [2.45, 2.75) is 6.42 Å². The molecule has 0 spiro atoms. The number of fused-ring (bicyclic) bond motifs is 1. The molecule has 2 aromatic heterocycles. The lowest BCUT2D eigenvalue weighted by Crippen LogP contribution is -1.85. The number of aromatic hydroxyl groups is 1. The predicted molar refractivity (Wildman–Crippen MR) is 68.3 cm³/mol. The van der Waals surface area contributed by atoms with Gasteiger partial charge in [-0.05, 0) is 23.8 Å². The molecule has 0 radical (unpaired) electrons. The van der Waals surface area contributed by atoms with Gasteiger partial charge in [0.1, 0.15) is 5.75 Å². The van der Waals surface area contributed by atoms with Crippen molar-refractivity contribution in [2.24, 2.45) is 0 Å².